The summed E-state index contributed by atoms with van der Waals surface area (Å²) in [6.45, 7) is 3.96. The van der Waals surface area contributed by atoms with Gasteiger partial charge in [-0.05, 0) is 61.9 Å². The zero-order valence-electron chi connectivity index (χ0n) is 12.5. The standard InChI is InChI=1S/C18H21FN2/c1-12-11-15(8-9-16(12)19)18(14-6-7-14)21-13(2)17-5-3-4-10-20-17/h3-5,8-11,13-14,18,21H,6-7H2,1-2H3/t13-,18-/m0/s1. The van der Waals surface area contributed by atoms with Crippen LogP contribution >= 0.6 is 0 Å². The van der Waals surface area contributed by atoms with Gasteiger partial charge in [-0.2, -0.15) is 0 Å². The average Bonchev–Trinajstić information content (AvgIpc) is 3.33. The lowest BCUT2D eigenvalue weighted by molar-refractivity contribution is 0.421. The minimum Gasteiger partial charge on any atom is -0.302 e. The Bertz CT molecular complexity index is 608. The second-order valence-electron chi connectivity index (χ2n) is 5.97. The van der Waals surface area contributed by atoms with Gasteiger partial charge in [-0.25, -0.2) is 4.39 Å². The average molecular weight is 284 g/mol. The monoisotopic (exact) mass is 284 g/mol. The van der Waals surface area contributed by atoms with E-state index < -0.39 is 0 Å². The zero-order valence-corrected chi connectivity index (χ0v) is 12.5. The van der Waals surface area contributed by atoms with Crippen molar-refractivity contribution in [3.05, 3.63) is 65.2 Å². The lowest BCUT2D eigenvalue weighted by Gasteiger charge is -2.24. The number of pyridine rings is 1. The minimum absolute atomic E-state index is 0.133. The number of benzene rings is 1. The molecule has 0 unspecified atom stereocenters. The number of hydrogen-bond donors (Lipinski definition) is 1. The second kappa shape index (κ2) is 5.94. The van der Waals surface area contributed by atoms with Crippen LogP contribution in [0, 0.1) is 18.7 Å². The summed E-state index contributed by atoms with van der Waals surface area (Å²) in [5, 5.41) is 3.67. The van der Waals surface area contributed by atoms with E-state index in [0.29, 0.717) is 11.5 Å². The van der Waals surface area contributed by atoms with Gasteiger partial charge in [-0.1, -0.05) is 18.2 Å². The van der Waals surface area contributed by atoms with Crippen LogP contribution < -0.4 is 5.32 Å². The molecule has 1 N–H and O–H groups in total. The summed E-state index contributed by atoms with van der Waals surface area (Å²) in [5.41, 5.74) is 2.94. The van der Waals surface area contributed by atoms with Gasteiger partial charge in [0, 0.05) is 18.3 Å². The Labute approximate surface area is 125 Å². The molecule has 1 aromatic heterocycles. The highest BCUT2D eigenvalue weighted by Crippen LogP contribution is 2.42. The van der Waals surface area contributed by atoms with Crippen molar-refractivity contribution in [2.24, 2.45) is 5.92 Å². The first-order valence-electron chi connectivity index (χ1n) is 7.58. The molecule has 1 aromatic carbocycles. The van der Waals surface area contributed by atoms with E-state index in [0.717, 1.165) is 5.69 Å². The number of aromatic nitrogens is 1. The van der Waals surface area contributed by atoms with Crippen molar-refractivity contribution in [2.75, 3.05) is 0 Å². The van der Waals surface area contributed by atoms with Crippen molar-refractivity contribution >= 4 is 0 Å². The number of nitrogens with one attached hydrogen (secondary N) is 1. The summed E-state index contributed by atoms with van der Waals surface area (Å²) >= 11 is 0. The molecule has 0 bridgehead atoms. The molecular formula is C18H21FN2. The Morgan fingerprint density at radius 2 is 2.05 bits per heavy atom. The summed E-state index contributed by atoms with van der Waals surface area (Å²) in [7, 11) is 0. The molecule has 21 heavy (non-hydrogen) atoms. The highest BCUT2D eigenvalue weighted by atomic mass is 19.1. The Morgan fingerprint density at radius 3 is 2.67 bits per heavy atom. The molecule has 1 aliphatic carbocycles. The highest BCUT2D eigenvalue weighted by Gasteiger charge is 2.33. The van der Waals surface area contributed by atoms with E-state index in [1.807, 2.05) is 43.5 Å². The van der Waals surface area contributed by atoms with Gasteiger partial charge in [0.2, 0.25) is 0 Å². The molecule has 3 rings (SSSR count). The van der Waals surface area contributed by atoms with Gasteiger partial charge in [0.15, 0.2) is 0 Å². The molecule has 0 amide bonds. The number of rotatable bonds is 5. The van der Waals surface area contributed by atoms with E-state index in [4.69, 9.17) is 0 Å². The molecule has 2 atom stereocenters. The molecule has 1 saturated carbocycles. The first kappa shape index (κ1) is 14.2. The molecule has 2 nitrogen and oxygen atoms in total. The fraction of sp³-hybridized carbons (Fsp3) is 0.389. The van der Waals surface area contributed by atoms with Crippen LogP contribution in [0.5, 0.6) is 0 Å². The van der Waals surface area contributed by atoms with Crippen LogP contribution in [0.1, 0.15) is 48.7 Å². The van der Waals surface area contributed by atoms with E-state index in [2.05, 4.69) is 17.2 Å². The van der Waals surface area contributed by atoms with Gasteiger partial charge in [0.05, 0.1) is 5.69 Å². The third-order valence-corrected chi connectivity index (χ3v) is 4.20. The van der Waals surface area contributed by atoms with Gasteiger partial charge in [-0.15, -0.1) is 0 Å². The smallest absolute Gasteiger partial charge is 0.126 e. The van der Waals surface area contributed by atoms with Gasteiger partial charge >= 0.3 is 0 Å². The van der Waals surface area contributed by atoms with Crippen molar-refractivity contribution in [1.82, 2.24) is 10.3 Å². The highest BCUT2D eigenvalue weighted by molar-refractivity contribution is 5.28. The fourth-order valence-electron chi connectivity index (χ4n) is 2.78. The first-order chi connectivity index (χ1) is 10.1. The summed E-state index contributed by atoms with van der Waals surface area (Å²) in [4.78, 5) is 4.41. The zero-order chi connectivity index (χ0) is 14.8. The summed E-state index contributed by atoms with van der Waals surface area (Å²) < 4.78 is 13.5. The van der Waals surface area contributed by atoms with Gasteiger partial charge < -0.3 is 5.32 Å². The van der Waals surface area contributed by atoms with Crippen LogP contribution in [0.25, 0.3) is 0 Å². The van der Waals surface area contributed by atoms with Crippen molar-refractivity contribution in [2.45, 2.75) is 38.8 Å². The predicted molar refractivity (Wildman–Crippen MR) is 82.4 cm³/mol. The Hall–Kier alpha value is -1.74. The molecule has 110 valence electrons. The largest absolute Gasteiger partial charge is 0.302 e. The number of hydrogen-bond acceptors (Lipinski definition) is 2. The third kappa shape index (κ3) is 3.30. The fourth-order valence-corrected chi connectivity index (χ4v) is 2.78. The Kier molecular flexibility index (Phi) is 4.02. The number of aryl methyl sites for hydroxylation is 1. The van der Waals surface area contributed by atoms with Crippen LogP contribution in [0.4, 0.5) is 4.39 Å². The molecule has 0 saturated heterocycles. The topological polar surface area (TPSA) is 24.9 Å². The summed E-state index contributed by atoms with van der Waals surface area (Å²) in [5.74, 6) is 0.520. The molecular weight excluding hydrogens is 263 g/mol. The van der Waals surface area contributed by atoms with Crippen LogP contribution in [0.3, 0.4) is 0 Å². The van der Waals surface area contributed by atoms with E-state index >= 15 is 0 Å². The number of halogens is 1. The third-order valence-electron chi connectivity index (χ3n) is 4.20. The van der Waals surface area contributed by atoms with E-state index in [-0.39, 0.29) is 17.9 Å². The summed E-state index contributed by atoms with van der Waals surface area (Å²) in [6, 6.07) is 11.9. The lowest BCUT2D eigenvalue weighted by atomic mass is 9.99. The second-order valence-corrected chi connectivity index (χ2v) is 5.97. The Morgan fingerprint density at radius 1 is 1.24 bits per heavy atom. The molecule has 0 radical (unpaired) electrons. The molecule has 1 heterocycles. The molecule has 1 aliphatic rings. The summed E-state index contributed by atoms with van der Waals surface area (Å²) in [6.07, 6.45) is 4.30. The van der Waals surface area contributed by atoms with E-state index in [1.54, 1.807) is 6.07 Å². The SMILES string of the molecule is Cc1cc([C@@H](N[C@@H](C)c2ccccn2)C2CC2)ccc1F. The maximum atomic E-state index is 13.5. The molecule has 2 aromatic rings. The minimum atomic E-state index is -0.133. The molecule has 0 spiro atoms. The van der Waals surface area contributed by atoms with Crippen LogP contribution in [0.15, 0.2) is 42.6 Å². The van der Waals surface area contributed by atoms with Crippen molar-refractivity contribution in [3.63, 3.8) is 0 Å². The maximum absolute atomic E-state index is 13.5. The maximum Gasteiger partial charge on any atom is 0.126 e. The Balaban J connectivity index is 1.80. The molecule has 3 heteroatoms. The van der Waals surface area contributed by atoms with Crippen LogP contribution in [-0.4, -0.2) is 4.98 Å². The van der Waals surface area contributed by atoms with Crippen LogP contribution in [0.2, 0.25) is 0 Å². The van der Waals surface area contributed by atoms with Gasteiger partial charge in [0.25, 0.3) is 0 Å². The van der Waals surface area contributed by atoms with Crippen molar-refractivity contribution in [1.29, 1.82) is 0 Å². The lowest BCUT2D eigenvalue weighted by Crippen LogP contribution is -2.27. The molecule has 1 fully saturated rings. The van der Waals surface area contributed by atoms with E-state index in [9.17, 15) is 4.39 Å². The quantitative estimate of drug-likeness (QED) is 0.884. The normalized spacial score (nSPS) is 17.5. The van der Waals surface area contributed by atoms with Gasteiger partial charge in [-0.3, -0.25) is 4.98 Å². The van der Waals surface area contributed by atoms with Crippen molar-refractivity contribution < 1.29 is 4.39 Å². The number of nitrogens with zero attached hydrogens (tertiary/aromatic N) is 1. The first-order valence-corrected chi connectivity index (χ1v) is 7.58. The van der Waals surface area contributed by atoms with Gasteiger partial charge in [0.1, 0.15) is 5.82 Å². The molecule has 0 aliphatic heterocycles. The van der Waals surface area contributed by atoms with E-state index in [1.165, 1.54) is 18.4 Å². The van der Waals surface area contributed by atoms with Crippen LogP contribution in [-0.2, 0) is 0 Å². The van der Waals surface area contributed by atoms with Crippen molar-refractivity contribution in [3.8, 4) is 0 Å². The predicted octanol–water partition coefficient (Wildman–Crippen LogP) is 4.33.